The fourth-order valence-corrected chi connectivity index (χ4v) is 4.14. The summed E-state index contributed by atoms with van der Waals surface area (Å²) >= 11 is 0. The molecule has 0 atom stereocenters. The number of aromatic nitrogens is 2. The number of likely N-dealkylation sites (tertiary alicyclic amines) is 1. The highest BCUT2D eigenvalue weighted by molar-refractivity contribution is 5.95. The monoisotopic (exact) mass is 501 g/mol. The third-order valence-corrected chi connectivity index (χ3v) is 5.97. The van der Waals surface area contributed by atoms with E-state index in [-0.39, 0.29) is 30.4 Å². The van der Waals surface area contributed by atoms with Crippen LogP contribution in [0.15, 0.2) is 54.7 Å². The molecule has 2 aromatic carbocycles. The molecular formula is C26H27F4N5O. The highest BCUT2D eigenvalue weighted by Crippen LogP contribution is 2.30. The van der Waals surface area contributed by atoms with Crippen molar-refractivity contribution in [3.8, 4) is 11.3 Å². The number of benzene rings is 2. The third kappa shape index (κ3) is 7.00. The molecule has 1 saturated heterocycles. The van der Waals surface area contributed by atoms with Crippen molar-refractivity contribution in [1.29, 1.82) is 0 Å². The highest BCUT2D eigenvalue weighted by Gasteiger charge is 2.31. The maximum atomic E-state index is 13.6. The van der Waals surface area contributed by atoms with Crippen molar-refractivity contribution < 1.29 is 22.4 Å². The Morgan fingerprint density at radius 2 is 1.83 bits per heavy atom. The van der Waals surface area contributed by atoms with Gasteiger partial charge in [-0.1, -0.05) is 12.1 Å². The average Bonchev–Trinajstić information content (AvgIpc) is 3.37. The largest absolute Gasteiger partial charge is 0.416 e. The molecule has 0 aliphatic carbocycles. The Morgan fingerprint density at radius 3 is 2.61 bits per heavy atom. The van der Waals surface area contributed by atoms with Crippen LogP contribution in [0.3, 0.4) is 0 Å². The lowest BCUT2D eigenvalue weighted by atomic mass is 10.1. The van der Waals surface area contributed by atoms with Gasteiger partial charge in [0.1, 0.15) is 5.82 Å². The topological polar surface area (TPSA) is 70.2 Å². The summed E-state index contributed by atoms with van der Waals surface area (Å²) in [6.07, 6.45) is -0.495. The van der Waals surface area contributed by atoms with E-state index in [4.69, 9.17) is 0 Å². The number of alkyl halides is 3. The molecule has 36 heavy (non-hydrogen) atoms. The van der Waals surface area contributed by atoms with Crippen molar-refractivity contribution >= 4 is 11.9 Å². The molecule has 0 bridgehead atoms. The lowest BCUT2D eigenvalue weighted by molar-refractivity contribution is -0.137. The molecule has 0 unspecified atom stereocenters. The summed E-state index contributed by atoms with van der Waals surface area (Å²) in [6.45, 7) is 3.78. The molecule has 0 radical (unpaired) electrons. The van der Waals surface area contributed by atoms with Crippen LogP contribution in [0, 0.1) is 5.82 Å². The van der Waals surface area contributed by atoms with Gasteiger partial charge >= 0.3 is 6.18 Å². The standard InChI is InChI=1S/C26H27F4N5O/c27-22-15-18(14-21(17-22)26(28,29)30)6-8-32-25-33-9-7-23(34-25)19-4-3-5-20(16-19)24(36)31-10-13-35-11-1-2-12-35/h3-5,7,9,14-17H,1-2,6,8,10-13H2,(H,31,36)(H,32,33,34). The lowest BCUT2D eigenvalue weighted by Gasteiger charge is -2.14. The van der Waals surface area contributed by atoms with Gasteiger partial charge < -0.3 is 15.5 Å². The van der Waals surface area contributed by atoms with Crippen LogP contribution < -0.4 is 10.6 Å². The van der Waals surface area contributed by atoms with Gasteiger partial charge in [0.05, 0.1) is 11.3 Å². The number of nitrogens with one attached hydrogen (secondary N) is 2. The van der Waals surface area contributed by atoms with E-state index >= 15 is 0 Å². The van der Waals surface area contributed by atoms with Crippen LogP contribution >= 0.6 is 0 Å². The Morgan fingerprint density at radius 1 is 1.03 bits per heavy atom. The van der Waals surface area contributed by atoms with Crippen molar-refractivity contribution in [2.45, 2.75) is 25.4 Å². The van der Waals surface area contributed by atoms with Gasteiger partial charge in [-0.2, -0.15) is 13.2 Å². The fraction of sp³-hybridized carbons (Fsp3) is 0.346. The molecule has 1 aliphatic rings. The summed E-state index contributed by atoms with van der Waals surface area (Å²) in [6, 6.07) is 11.3. The van der Waals surface area contributed by atoms with E-state index in [1.807, 2.05) is 6.07 Å². The van der Waals surface area contributed by atoms with E-state index < -0.39 is 17.6 Å². The predicted octanol–water partition coefficient (Wildman–Crippen LogP) is 4.78. The zero-order valence-corrected chi connectivity index (χ0v) is 19.6. The molecule has 0 saturated carbocycles. The molecule has 1 fully saturated rings. The first-order chi connectivity index (χ1) is 17.3. The van der Waals surface area contributed by atoms with Crippen molar-refractivity contribution in [3.05, 3.63) is 77.2 Å². The molecule has 10 heteroatoms. The summed E-state index contributed by atoms with van der Waals surface area (Å²) in [4.78, 5) is 23.5. The summed E-state index contributed by atoms with van der Waals surface area (Å²) in [5.41, 5.74) is 1.04. The molecule has 6 nitrogen and oxygen atoms in total. The van der Waals surface area contributed by atoms with Gasteiger partial charge in [-0.05, 0) is 74.3 Å². The van der Waals surface area contributed by atoms with E-state index in [0.717, 1.165) is 37.3 Å². The summed E-state index contributed by atoms with van der Waals surface area (Å²) in [5, 5.41) is 5.92. The minimum atomic E-state index is -4.61. The van der Waals surface area contributed by atoms with Crippen LogP contribution in [-0.2, 0) is 12.6 Å². The van der Waals surface area contributed by atoms with Crippen molar-refractivity contribution in [2.75, 3.05) is 38.0 Å². The first-order valence-electron chi connectivity index (χ1n) is 11.8. The molecule has 1 aliphatic heterocycles. The van der Waals surface area contributed by atoms with Gasteiger partial charge in [0.15, 0.2) is 0 Å². The Hall–Kier alpha value is -3.53. The SMILES string of the molecule is O=C(NCCN1CCCC1)c1cccc(-c2ccnc(NCCc3cc(F)cc(C(F)(F)F)c3)n2)c1. The zero-order valence-electron chi connectivity index (χ0n) is 19.6. The minimum Gasteiger partial charge on any atom is -0.354 e. The zero-order chi connectivity index (χ0) is 25.5. The molecule has 2 N–H and O–H groups in total. The summed E-state index contributed by atoms with van der Waals surface area (Å²) in [7, 11) is 0. The second kappa shape index (κ2) is 11.5. The maximum absolute atomic E-state index is 13.6. The van der Waals surface area contributed by atoms with Crippen LogP contribution in [0.4, 0.5) is 23.5 Å². The molecule has 1 amide bonds. The Kier molecular flexibility index (Phi) is 8.14. The number of carbonyl (C=O) groups excluding carboxylic acids is 1. The van der Waals surface area contributed by atoms with E-state index in [0.29, 0.717) is 23.9 Å². The van der Waals surface area contributed by atoms with Crippen LogP contribution in [0.1, 0.15) is 34.3 Å². The minimum absolute atomic E-state index is 0.154. The Bertz CT molecular complexity index is 1190. The van der Waals surface area contributed by atoms with Crippen molar-refractivity contribution in [2.24, 2.45) is 0 Å². The van der Waals surface area contributed by atoms with Gasteiger partial charge in [-0.15, -0.1) is 0 Å². The number of rotatable bonds is 9. The second-order valence-electron chi connectivity index (χ2n) is 8.67. The van der Waals surface area contributed by atoms with E-state index in [1.165, 1.54) is 12.8 Å². The molecular weight excluding hydrogens is 474 g/mol. The average molecular weight is 502 g/mol. The maximum Gasteiger partial charge on any atom is 0.416 e. The van der Waals surface area contributed by atoms with Crippen LogP contribution in [0.5, 0.6) is 0 Å². The van der Waals surface area contributed by atoms with Gasteiger partial charge in [-0.25, -0.2) is 14.4 Å². The van der Waals surface area contributed by atoms with Gasteiger partial charge in [0.25, 0.3) is 5.91 Å². The molecule has 3 aromatic rings. The molecule has 4 rings (SSSR count). The first kappa shape index (κ1) is 25.6. The predicted molar refractivity (Wildman–Crippen MR) is 129 cm³/mol. The number of amides is 1. The normalized spacial score (nSPS) is 14.1. The van der Waals surface area contributed by atoms with E-state index in [2.05, 4.69) is 25.5 Å². The number of nitrogens with zero attached hydrogens (tertiary/aromatic N) is 3. The molecule has 190 valence electrons. The van der Waals surface area contributed by atoms with Crippen molar-refractivity contribution in [1.82, 2.24) is 20.2 Å². The lowest BCUT2D eigenvalue weighted by Crippen LogP contribution is -2.33. The van der Waals surface area contributed by atoms with Crippen molar-refractivity contribution in [3.63, 3.8) is 0 Å². The van der Waals surface area contributed by atoms with Gasteiger partial charge in [0, 0.05) is 37.0 Å². The number of carbonyl (C=O) groups is 1. The number of hydrogen-bond donors (Lipinski definition) is 2. The van der Waals surface area contributed by atoms with Crippen LogP contribution in [-0.4, -0.2) is 53.5 Å². The molecule has 1 aromatic heterocycles. The number of hydrogen-bond acceptors (Lipinski definition) is 5. The smallest absolute Gasteiger partial charge is 0.354 e. The highest BCUT2D eigenvalue weighted by atomic mass is 19.4. The third-order valence-electron chi connectivity index (χ3n) is 5.97. The number of anilines is 1. The Balaban J connectivity index is 1.35. The van der Waals surface area contributed by atoms with Crippen LogP contribution in [0.2, 0.25) is 0 Å². The van der Waals surface area contributed by atoms with E-state index in [1.54, 1.807) is 30.5 Å². The molecule has 2 heterocycles. The molecule has 0 spiro atoms. The first-order valence-corrected chi connectivity index (χ1v) is 11.8. The Labute approximate surface area is 206 Å². The number of halogens is 4. The van der Waals surface area contributed by atoms with Gasteiger partial charge in [-0.3, -0.25) is 4.79 Å². The van der Waals surface area contributed by atoms with Crippen LogP contribution in [0.25, 0.3) is 11.3 Å². The summed E-state index contributed by atoms with van der Waals surface area (Å²) in [5.74, 6) is -0.810. The quantitative estimate of drug-likeness (QED) is 0.413. The van der Waals surface area contributed by atoms with E-state index in [9.17, 15) is 22.4 Å². The second-order valence-corrected chi connectivity index (χ2v) is 8.67. The fourth-order valence-electron chi connectivity index (χ4n) is 4.14. The summed E-state index contributed by atoms with van der Waals surface area (Å²) < 4.78 is 52.3. The van der Waals surface area contributed by atoms with Gasteiger partial charge in [0.2, 0.25) is 5.95 Å².